The molecule has 21 heavy (non-hydrogen) atoms. The topological polar surface area (TPSA) is 85.3 Å². The van der Waals surface area contributed by atoms with Crippen LogP contribution in [0.4, 0.5) is 4.79 Å². The van der Waals surface area contributed by atoms with Crippen molar-refractivity contribution in [1.82, 2.24) is 4.90 Å². The van der Waals surface area contributed by atoms with Crippen molar-refractivity contribution in [2.24, 2.45) is 0 Å². The van der Waals surface area contributed by atoms with E-state index in [0.717, 1.165) is 0 Å². The van der Waals surface area contributed by atoms with Crippen molar-refractivity contribution in [2.45, 2.75) is 51.9 Å². The summed E-state index contributed by atoms with van der Waals surface area (Å²) in [7, 11) is 0. The summed E-state index contributed by atoms with van der Waals surface area (Å²) in [5.74, 6) is -0.460. The van der Waals surface area contributed by atoms with Crippen molar-refractivity contribution < 1.29 is 28.9 Å². The normalized spacial score (nSPS) is 22.2. The van der Waals surface area contributed by atoms with Crippen molar-refractivity contribution in [3.8, 4) is 0 Å². The Bertz CT molecular complexity index is 365. The van der Waals surface area contributed by atoms with E-state index in [0.29, 0.717) is 6.42 Å². The molecule has 1 N–H and O–H groups in total. The molecule has 1 rings (SSSR count). The first-order valence-corrected chi connectivity index (χ1v) is 7.17. The molecule has 2 atom stereocenters. The van der Waals surface area contributed by atoms with Crippen LogP contribution in [-0.4, -0.2) is 66.2 Å². The average Bonchev–Trinajstić information content (AvgIpc) is 2.79. The number of nitrogens with zero attached hydrogens (tertiary/aromatic N) is 1. The Hall–Kier alpha value is -1.34. The molecule has 1 aliphatic rings. The third-order valence-electron chi connectivity index (χ3n) is 2.89. The number of aliphatic hydroxyl groups is 1. The van der Waals surface area contributed by atoms with E-state index in [1.165, 1.54) is 4.90 Å². The van der Waals surface area contributed by atoms with Crippen molar-refractivity contribution in [3.05, 3.63) is 0 Å². The van der Waals surface area contributed by atoms with Crippen LogP contribution in [0, 0.1) is 0 Å². The molecule has 0 spiro atoms. The zero-order valence-corrected chi connectivity index (χ0v) is 13.1. The lowest BCUT2D eigenvalue weighted by Crippen LogP contribution is -2.44. The van der Waals surface area contributed by atoms with Crippen molar-refractivity contribution >= 4 is 12.1 Å². The fourth-order valence-electron chi connectivity index (χ4n) is 2.12. The number of hydrogen-bond acceptors (Lipinski definition) is 6. The Morgan fingerprint density at radius 2 is 2.00 bits per heavy atom. The van der Waals surface area contributed by atoms with Gasteiger partial charge >= 0.3 is 12.1 Å². The van der Waals surface area contributed by atoms with Gasteiger partial charge in [-0.25, -0.2) is 9.59 Å². The smallest absolute Gasteiger partial charge is 0.411 e. The van der Waals surface area contributed by atoms with Gasteiger partial charge in [-0.3, -0.25) is 4.90 Å². The maximum absolute atomic E-state index is 12.2. The molecule has 0 saturated carbocycles. The van der Waals surface area contributed by atoms with Gasteiger partial charge in [0.25, 0.3) is 0 Å². The number of hydrogen-bond donors (Lipinski definition) is 1. The summed E-state index contributed by atoms with van der Waals surface area (Å²) in [6.45, 7) is 7.57. The van der Waals surface area contributed by atoms with Crippen LogP contribution in [0.15, 0.2) is 0 Å². The van der Waals surface area contributed by atoms with Gasteiger partial charge in [0.2, 0.25) is 0 Å². The molecule has 0 bridgehead atoms. The Kier molecular flexibility index (Phi) is 6.42. The van der Waals surface area contributed by atoms with Gasteiger partial charge in [-0.2, -0.15) is 0 Å². The highest BCUT2D eigenvalue weighted by atomic mass is 16.6. The van der Waals surface area contributed by atoms with Crippen LogP contribution < -0.4 is 0 Å². The Labute approximate surface area is 125 Å². The van der Waals surface area contributed by atoms with E-state index < -0.39 is 23.7 Å². The van der Waals surface area contributed by atoms with Crippen LogP contribution in [0.5, 0.6) is 0 Å². The molecule has 7 heteroatoms. The van der Waals surface area contributed by atoms with E-state index in [1.807, 2.05) is 0 Å². The molecule has 0 aromatic heterocycles. The number of aliphatic hydroxyl groups excluding tert-OH is 1. The average molecular weight is 303 g/mol. The maximum atomic E-state index is 12.2. The quantitative estimate of drug-likeness (QED) is 0.761. The SMILES string of the molecule is CCOC(=O)[C@@H]1CC(OCCO)CN1C(=O)OC(C)(C)C. The molecule has 1 aliphatic heterocycles. The van der Waals surface area contributed by atoms with Crippen LogP contribution in [-0.2, 0) is 19.0 Å². The third-order valence-corrected chi connectivity index (χ3v) is 2.89. The summed E-state index contributed by atoms with van der Waals surface area (Å²) in [6, 6.07) is -0.705. The predicted octanol–water partition coefficient (Wildman–Crippen LogP) is 0.936. The first kappa shape index (κ1) is 17.7. The highest BCUT2D eigenvalue weighted by Gasteiger charge is 2.42. The summed E-state index contributed by atoms with van der Waals surface area (Å²) in [5.41, 5.74) is -0.639. The number of carbonyl (C=O) groups is 2. The fraction of sp³-hybridized carbons (Fsp3) is 0.857. The molecule has 122 valence electrons. The first-order valence-electron chi connectivity index (χ1n) is 7.17. The molecule has 0 aromatic carbocycles. The number of likely N-dealkylation sites (tertiary alicyclic amines) is 1. The third kappa shape index (κ3) is 5.51. The molecular formula is C14H25NO6. The minimum Gasteiger partial charge on any atom is -0.464 e. The Balaban J connectivity index is 2.75. The highest BCUT2D eigenvalue weighted by Crippen LogP contribution is 2.24. The summed E-state index contributed by atoms with van der Waals surface area (Å²) in [5, 5.41) is 8.79. The number of ether oxygens (including phenoxy) is 3. The second-order valence-corrected chi connectivity index (χ2v) is 5.85. The number of esters is 1. The summed E-state index contributed by atoms with van der Waals surface area (Å²) < 4.78 is 15.7. The van der Waals surface area contributed by atoms with Crippen molar-refractivity contribution in [3.63, 3.8) is 0 Å². The molecule has 1 saturated heterocycles. The molecule has 1 amide bonds. The summed E-state index contributed by atoms with van der Waals surface area (Å²) >= 11 is 0. The van der Waals surface area contributed by atoms with Crippen LogP contribution in [0.2, 0.25) is 0 Å². The Morgan fingerprint density at radius 3 is 2.52 bits per heavy atom. The van der Waals surface area contributed by atoms with E-state index >= 15 is 0 Å². The molecule has 0 aromatic rings. The maximum Gasteiger partial charge on any atom is 0.411 e. The van der Waals surface area contributed by atoms with Crippen molar-refractivity contribution in [1.29, 1.82) is 0 Å². The van der Waals surface area contributed by atoms with Crippen molar-refractivity contribution in [2.75, 3.05) is 26.4 Å². The van der Waals surface area contributed by atoms with E-state index in [1.54, 1.807) is 27.7 Å². The minimum absolute atomic E-state index is 0.104. The monoisotopic (exact) mass is 303 g/mol. The largest absolute Gasteiger partial charge is 0.464 e. The van der Waals surface area contributed by atoms with E-state index in [9.17, 15) is 9.59 Å². The highest BCUT2D eigenvalue weighted by molar-refractivity contribution is 5.82. The van der Waals surface area contributed by atoms with E-state index in [2.05, 4.69) is 0 Å². The Morgan fingerprint density at radius 1 is 1.33 bits per heavy atom. The van der Waals surface area contributed by atoms with Gasteiger partial charge in [0.1, 0.15) is 11.6 Å². The molecule has 0 radical (unpaired) electrons. The van der Waals surface area contributed by atoms with Crippen LogP contribution in [0.3, 0.4) is 0 Å². The zero-order valence-electron chi connectivity index (χ0n) is 13.1. The minimum atomic E-state index is -0.705. The second-order valence-electron chi connectivity index (χ2n) is 5.85. The number of carbonyl (C=O) groups excluding carboxylic acids is 2. The summed E-state index contributed by atoms with van der Waals surface area (Å²) in [4.78, 5) is 25.5. The predicted molar refractivity (Wildman–Crippen MR) is 74.8 cm³/mol. The van der Waals surface area contributed by atoms with E-state index in [4.69, 9.17) is 19.3 Å². The van der Waals surface area contributed by atoms with Gasteiger partial charge < -0.3 is 19.3 Å². The van der Waals surface area contributed by atoms with Gasteiger partial charge in [0, 0.05) is 6.42 Å². The van der Waals surface area contributed by atoms with Gasteiger partial charge in [-0.1, -0.05) is 0 Å². The first-order chi connectivity index (χ1) is 9.78. The van der Waals surface area contributed by atoms with Crippen LogP contribution in [0.1, 0.15) is 34.1 Å². The van der Waals surface area contributed by atoms with Gasteiger partial charge in [0.15, 0.2) is 0 Å². The van der Waals surface area contributed by atoms with Crippen LogP contribution >= 0.6 is 0 Å². The molecular weight excluding hydrogens is 278 g/mol. The lowest BCUT2D eigenvalue weighted by molar-refractivity contribution is -0.148. The molecule has 0 aliphatic carbocycles. The molecule has 7 nitrogen and oxygen atoms in total. The summed E-state index contributed by atoms with van der Waals surface area (Å²) in [6.07, 6.45) is -0.521. The molecule has 1 unspecified atom stereocenters. The lowest BCUT2D eigenvalue weighted by Gasteiger charge is -2.27. The van der Waals surface area contributed by atoms with Gasteiger partial charge in [-0.15, -0.1) is 0 Å². The van der Waals surface area contributed by atoms with Gasteiger partial charge in [0.05, 0.1) is 32.5 Å². The molecule has 1 heterocycles. The van der Waals surface area contributed by atoms with Crippen LogP contribution in [0.25, 0.3) is 0 Å². The number of rotatable bonds is 5. The zero-order chi connectivity index (χ0) is 16.0. The fourth-order valence-corrected chi connectivity index (χ4v) is 2.12. The van der Waals surface area contributed by atoms with Gasteiger partial charge in [-0.05, 0) is 27.7 Å². The van der Waals surface area contributed by atoms with E-state index in [-0.39, 0.29) is 32.5 Å². The second kappa shape index (κ2) is 7.61. The standard InChI is InChI=1S/C14H25NO6/c1-5-19-12(17)11-8-10(20-7-6-16)9-15(11)13(18)21-14(2,3)4/h10-11,16H,5-9H2,1-4H3/t10?,11-/m0/s1. The number of amides is 1. The molecule has 1 fully saturated rings. The lowest BCUT2D eigenvalue weighted by atomic mass is 10.2.